The standard InChI is InChI=1S/C46H54N8O6.2ClH/c1-27(2)39(51-45(57)59-5)43(55)53-22-10-14-37(53)41-47-25-35(49-41)31-18-16-30(17-19-31)33-21-20-32(24-34(33)29-12-8-7-9-13-29)36-26-48-42(50-36)38-15-11-23-54(38)44(56)40(28(3)4)52-46(58)60-6;;/h7-9,12-13,16-21,24-28,37-40H,10-11,14-15,22-23H2,1-6H3,(H,47,49)(H,48,50)(H,51,57)(H,52,58);2*1H/t37-,38-,39-,40-;;/m0../s1. The third kappa shape index (κ3) is 10.1. The summed E-state index contributed by atoms with van der Waals surface area (Å²) in [6.07, 6.45) is 5.58. The molecule has 0 bridgehead atoms. The summed E-state index contributed by atoms with van der Waals surface area (Å²) in [7, 11) is 2.58. The molecular weight excluding hydrogens is 831 g/mol. The van der Waals surface area contributed by atoms with E-state index in [0.717, 1.165) is 70.5 Å². The zero-order chi connectivity index (χ0) is 42.5. The Bertz CT molecular complexity index is 2320. The number of carbonyl (C=O) groups is 4. The van der Waals surface area contributed by atoms with Crippen molar-refractivity contribution in [2.75, 3.05) is 27.3 Å². The summed E-state index contributed by atoms with van der Waals surface area (Å²) in [6.45, 7) is 8.77. The molecule has 2 aromatic heterocycles. The molecule has 2 fully saturated rings. The first kappa shape index (κ1) is 47.2. The Kier molecular flexibility index (Phi) is 15.8. The van der Waals surface area contributed by atoms with Crippen LogP contribution in [-0.4, -0.2) is 93.1 Å². The number of nitrogens with one attached hydrogen (secondary N) is 4. The number of aromatic amines is 2. The number of hydrogen-bond acceptors (Lipinski definition) is 8. The van der Waals surface area contributed by atoms with Gasteiger partial charge >= 0.3 is 12.2 Å². The van der Waals surface area contributed by atoms with Crippen LogP contribution in [0.25, 0.3) is 44.8 Å². The Morgan fingerprint density at radius 1 is 0.613 bits per heavy atom. The number of carbonyl (C=O) groups excluding carboxylic acids is 4. The molecule has 4 heterocycles. The van der Waals surface area contributed by atoms with Crippen LogP contribution in [0, 0.1) is 11.8 Å². The summed E-state index contributed by atoms with van der Waals surface area (Å²) in [5.74, 6) is 0.892. The fraction of sp³-hybridized carbons (Fsp3) is 0.391. The van der Waals surface area contributed by atoms with Gasteiger partial charge in [-0.05, 0) is 71.4 Å². The number of alkyl carbamates (subject to hydrolysis) is 2. The number of nitrogens with zero attached hydrogens (tertiary/aromatic N) is 4. The van der Waals surface area contributed by atoms with Crippen molar-refractivity contribution >= 4 is 48.8 Å². The highest BCUT2D eigenvalue weighted by atomic mass is 35.5. The van der Waals surface area contributed by atoms with Crippen LogP contribution in [0.3, 0.4) is 0 Å². The Morgan fingerprint density at radius 2 is 1.05 bits per heavy atom. The number of likely N-dealkylation sites (tertiary alicyclic amines) is 2. The average Bonchev–Trinajstić information content (AvgIpc) is 4.11. The normalized spacial score (nSPS) is 16.9. The lowest BCUT2D eigenvalue weighted by Gasteiger charge is -2.30. The molecule has 14 nitrogen and oxygen atoms in total. The number of halogens is 2. The zero-order valence-electron chi connectivity index (χ0n) is 35.8. The van der Waals surface area contributed by atoms with E-state index in [4.69, 9.17) is 19.4 Å². The number of rotatable bonds is 12. The maximum absolute atomic E-state index is 13.7. The molecular formula is C46H56Cl2N8O6. The lowest BCUT2D eigenvalue weighted by molar-refractivity contribution is -0.136. The fourth-order valence-corrected chi connectivity index (χ4v) is 8.34. The molecule has 7 rings (SSSR count). The van der Waals surface area contributed by atoms with Gasteiger partial charge < -0.3 is 39.9 Å². The molecule has 3 aromatic carbocycles. The van der Waals surface area contributed by atoms with E-state index in [1.54, 1.807) is 0 Å². The van der Waals surface area contributed by atoms with Crippen molar-refractivity contribution < 1.29 is 28.7 Å². The molecule has 0 radical (unpaired) electrons. The molecule has 2 aliphatic rings. The van der Waals surface area contributed by atoms with Gasteiger partial charge in [0, 0.05) is 18.7 Å². The number of benzene rings is 3. The lowest BCUT2D eigenvalue weighted by Crippen LogP contribution is -2.51. The number of aromatic nitrogens is 4. The number of amides is 4. The highest BCUT2D eigenvalue weighted by Crippen LogP contribution is 2.38. The minimum Gasteiger partial charge on any atom is -0.453 e. The zero-order valence-corrected chi connectivity index (χ0v) is 37.5. The van der Waals surface area contributed by atoms with E-state index >= 15 is 0 Å². The third-order valence-corrected chi connectivity index (χ3v) is 11.6. The molecule has 0 aliphatic carbocycles. The third-order valence-electron chi connectivity index (χ3n) is 11.6. The van der Waals surface area contributed by atoms with Crippen molar-refractivity contribution in [3.05, 3.63) is 96.8 Å². The summed E-state index contributed by atoms with van der Waals surface area (Å²) >= 11 is 0. The molecule has 2 saturated heterocycles. The van der Waals surface area contributed by atoms with Crippen LogP contribution in [0.15, 0.2) is 85.2 Å². The number of hydrogen-bond donors (Lipinski definition) is 4. The molecule has 4 atom stereocenters. The Hall–Kier alpha value is -5.86. The summed E-state index contributed by atoms with van der Waals surface area (Å²) in [6, 6.07) is 23.1. The number of H-pyrrole nitrogens is 2. The van der Waals surface area contributed by atoms with Crippen molar-refractivity contribution in [2.45, 2.75) is 77.5 Å². The summed E-state index contributed by atoms with van der Waals surface area (Å²) < 4.78 is 9.57. The van der Waals surface area contributed by atoms with Gasteiger partial charge in [0.2, 0.25) is 11.8 Å². The quantitative estimate of drug-likeness (QED) is 0.0962. The minimum absolute atomic E-state index is 0. The van der Waals surface area contributed by atoms with Gasteiger partial charge in [0.1, 0.15) is 23.7 Å². The van der Waals surface area contributed by atoms with E-state index in [1.165, 1.54) is 14.2 Å². The molecule has 330 valence electrons. The van der Waals surface area contributed by atoms with Gasteiger partial charge in [-0.15, -0.1) is 24.8 Å². The van der Waals surface area contributed by atoms with E-state index in [1.807, 2.05) is 68.1 Å². The van der Waals surface area contributed by atoms with Crippen LogP contribution in [0.5, 0.6) is 0 Å². The van der Waals surface area contributed by atoms with Crippen LogP contribution < -0.4 is 10.6 Å². The first-order valence-corrected chi connectivity index (χ1v) is 20.7. The molecule has 0 saturated carbocycles. The van der Waals surface area contributed by atoms with Crippen LogP contribution in [0.2, 0.25) is 0 Å². The number of methoxy groups -OCH3 is 2. The second-order valence-electron chi connectivity index (χ2n) is 16.2. The van der Waals surface area contributed by atoms with Crippen molar-refractivity contribution in [1.29, 1.82) is 0 Å². The van der Waals surface area contributed by atoms with Gasteiger partial charge in [0.15, 0.2) is 0 Å². The molecule has 4 N–H and O–H groups in total. The SMILES string of the molecule is COC(=O)N[C@H](C(=O)N1CCC[C@H]1c1ncc(-c2ccc(-c3ccc(-c4cnc([C@@H]5CCCN5C(=O)[C@@H](NC(=O)OC)C(C)C)[nH]4)cc3-c3ccccc3)cc2)[nH]1)C(C)C.Cl.Cl. The predicted octanol–water partition coefficient (Wildman–Crippen LogP) is 8.73. The average molecular weight is 888 g/mol. The van der Waals surface area contributed by atoms with Crippen LogP contribution in [-0.2, 0) is 19.1 Å². The van der Waals surface area contributed by atoms with Gasteiger partial charge in [-0.25, -0.2) is 19.6 Å². The van der Waals surface area contributed by atoms with Gasteiger partial charge in [-0.2, -0.15) is 0 Å². The smallest absolute Gasteiger partial charge is 0.407 e. The molecule has 16 heteroatoms. The molecule has 0 spiro atoms. The molecule has 2 aliphatic heterocycles. The van der Waals surface area contributed by atoms with Crippen molar-refractivity contribution in [3.63, 3.8) is 0 Å². The maximum Gasteiger partial charge on any atom is 0.407 e. The number of ether oxygens (including phenoxy) is 2. The number of imidazole rings is 2. The second kappa shape index (κ2) is 20.8. The van der Waals surface area contributed by atoms with Gasteiger partial charge in [0.05, 0.1) is 50.1 Å². The van der Waals surface area contributed by atoms with Crippen molar-refractivity contribution in [1.82, 2.24) is 40.4 Å². The summed E-state index contributed by atoms with van der Waals surface area (Å²) in [4.78, 5) is 71.6. The molecule has 4 amide bonds. The topological polar surface area (TPSA) is 175 Å². The minimum atomic E-state index is -0.707. The summed E-state index contributed by atoms with van der Waals surface area (Å²) in [5, 5.41) is 5.42. The first-order valence-electron chi connectivity index (χ1n) is 20.7. The van der Waals surface area contributed by atoms with Gasteiger partial charge in [-0.1, -0.05) is 94.4 Å². The van der Waals surface area contributed by atoms with Gasteiger partial charge in [-0.3, -0.25) is 9.59 Å². The largest absolute Gasteiger partial charge is 0.453 e. The van der Waals surface area contributed by atoms with Crippen LogP contribution >= 0.6 is 24.8 Å². The monoisotopic (exact) mass is 886 g/mol. The van der Waals surface area contributed by atoms with Crippen molar-refractivity contribution in [2.24, 2.45) is 11.8 Å². The Labute approximate surface area is 374 Å². The second-order valence-corrected chi connectivity index (χ2v) is 16.2. The van der Waals surface area contributed by atoms with E-state index in [0.29, 0.717) is 24.7 Å². The lowest BCUT2D eigenvalue weighted by atomic mass is 9.91. The highest BCUT2D eigenvalue weighted by Gasteiger charge is 2.39. The predicted molar refractivity (Wildman–Crippen MR) is 243 cm³/mol. The fourth-order valence-electron chi connectivity index (χ4n) is 8.34. The summed E-state index contributed by atoms with van der Waals surface area (Å²) in [5.41, 5.74) is 7.84. The molecule has 62 heavy (non-hydrogen) atoms. The van der Waals surface area contributed by atoms with Crippen LogP contribution in [0.1, 0.15) is 77.1 Å². The van der Waals surface area contributed by atoms with Gasteiger partial charge in [0.25, 0.3) is 0 Å². The highest BCUT2D eigenvalue weighted by molar-refractivity contribution is 5.89. The Balaban J connectivity index is 0.00000363. The van der Waals surface area contributed by atoms with E-state index in [-0.39, 0.29) is 60.5 Å². The van der Waals surface area contributed by atoms with Crippen LogP contribution in [0.4, 0.5) is 9.59 Å². The maximum atomic E-state index is 13.7. The Morgan fingerprint density at radius 3 is 1.52 bits per heavy atom. The van der Waals surface area contributed by atoms with E-state index in [9.17, 15) is 19.2 Å². The van der Waals surface area contributed by atoms with E-state index in [2.05, 4.69) is 75.2 Å². The van der Waals surface area contributed by atoms with E-state index < -0.39 is 24.3 Å². The first-order chi connectivity index (χ1) is 29.0. The molecule has 0 unspecified atom stereocenters. The van der Waals surface area contributed by atoms with Crippen molar-refractivity contribution in [3.8, 4) is 44.8 Å². The molecule has 5 aromatic rings.